The van der Waals surface area contributed by atoms with Crippen molar-refractivity contribution in [1.82, 2.24) is 19.6 Å². The molecule has 1 saturated heterocycles. The quantitative estimate of drug-likeness (QED) is 0.679. The summed E-state index contributed by atoms with van der Waals surface area (Å²) in [5, 5.41) is 4.69. The molecule has 3 aromatic rings. The van der Waals surface area contributed by atoms with E-state index in [1.807, 2.05) is 42.2 Å². The summed E-state index contributed by atoms with van der Waals surface area (Å²) in [6.45, 7) is 8.33. The third-order valence-corrected chi connectivity index (χ3v) is 5.45. The van der Waals surface area contributed by atoms with Crippen LogP contribution in [-0.4, -0.2) is 58.2 Å². The Hall–Kier alpha value is -2.99. The van der Waals surface area contributed by atoms with E-state index in [-0.39, 0.29) is 11.7 Å². The molecule has 1 aromatic heterocycles. The number of carbonyl (C=O) groups excluding carboxylic acids is 1. The van der Waals surface area contributed by atoms with Crippen LogP contribution in [0.25, 0.3) is 16.9 Å². The van der Waals surface area contributed by atoms with Crippen molar-refractivity contribution in [3.8, 4) is 16.9 Å². The number of hydrogen-bond acceptors (Lipinski definition) is 3. The zero-order valence-electron chi connectivity index (χ0n) is 16.8. The Morgan fingerprint density at radius 3 is 2.28 bits per heavy atom. The molecule has 1 fully saturated rings. The van der Waals surface area contributed by atoms with Crippen molar-refractivity contribution in [3.63, 3.8) is 0 Å². The number of amides is 1. The topological polar surface area (TPSA) is 41.4 Å². The Kier molecular flexibility index (Phi) is 5.45. The summed E-state index contributed by atoms with van der Waals surface area (Å²) in [5.74, 6) is -0.320. The fourth-order valence-corrected chi connectivity index (χ4v) is 3.61. The molecule has 1 amide bonds. The maximum absolute atomic E-state index is 13.3. The first kappa shape index (κ1) is 19.3. The van der Waals surface area contributed by atoms with Crippen LogP contribution in [0.3, 0.4) is 0 Å². The molecule has 29 heavy (non-hydrogen) atoms. The van der Waals surface area contributed by atoms with Crippen LogP contribution in [0.2, 0.25) is 0 Å². The van der Waals surface area contributed by atoms with Crippen LogP contribution in [0, 0.1) is 12.7 Å². The lowest BCUT2D eigenvalue weighted by Crippen LogP contribution is -2.48. The molecule has 1 aliphatic heterocycles. The third kappa shape index (κ3) is 4.07. The van der Waals surface area contributed by atoms with E-state index in [1.165, 1.54) is 12.1 Å². The summed E-state index contributed by atoms with van der Waals surface area (Å²) < 4.78 is 15.0. The highest BCUT2D eigenvalue weighted by atomic mass is 19.1. The number of carbonyl (C=O) groups is 1. The first-order valence-electron chi connectivity index (χ1n) is 10.00. The average Bonchev–Trinajstić information content (AvgIpc) is 3.19. The lowest BCUT2D eigenvalue weighted by Gasteiger charge is -2.34. The van der Waals surface area contributed by atoms with Crippen molar-refractivity contribution < 1.29 is 9.18 Å². The van der Waals surface area contributed by atoms with Gasteiger partial charge in [0.1, 0.15) is 11.5 Å². The van der Waals surface area contributed by atoms with Crippen molar-refractivity contribution in [1.29, 1.82) is 0 Å². The molecule has 4 rings (SSSR count). The number of hydrogen-bond donors (Lipinski definition) is 0. The van der Waals surface area contributed by atoms with E-state index in [0.717, 1.165) is 36.4 Å². The molecule has 0 N–H and O–H groups in total. The summed E-state index contributed by atoms with van der Waals surface area (Å²) in [7, 11) is 0. The third-order valence-electron chi connectivity index (χ3n) is 5.45. The molecule has 0 unspecified atom stereocenters. The molecule has 0 atom stereocenters. The van der Waals surface area contributed by atoms with Crippen LogP contribution in [0.5, 0.6) is 0 Å². The van der Waals surface area contributed by atoms with Gasteiger partial charge in [0.2, 0.25) is 0 Å². The number of aryl methyl sites for hydroxylation is 1. The first-order valence-corrected chi connectivity index (χ1v) is 10.00. The van der Waals surface area contributed by atoms with Gasteiger partial charge in [0.15, 0.2) is 0 Å². The molecule has 0 saturated carbocycles. The van der Waals surface area contributed by atoms with Crippen LogP contribution in [-0.2, 0) is 0 Å². The molecular weight excluding hydrogens is 367 g/mol. The van der Waals surface area contributed by atoms with Crippen LogP contribution in [0.1, 0.15) is 23.0 Å². The van der Waals surface area contributed by atoms with Gasteiger partial charge in [-0.3, -0.25) is 4.79 Å². The number of rotatable bonds is 4. The zero-order chi connectivity index (χ0) is 20.4. The highest BCUT2D eigenvalue weighted by Crippen LogP contribution is 2.24. The maximum Gasteiger partial charge on any atom is 0.272 e. The van der Waals surface area contributed by atoms with E-state index < -0.39 is 0 Å². The van der Waals surface area contributed by atoms with E-state index >= 15 is 0 Å². The van der Waals surface area contributed by atoms with Crippen LogP contribution in [0.15, 0.2) is 54.6 Å². The number of piperazine rings is 1. The number of aromatic nitrogens is 2. The summed E-state index contributed by atoms with van der Waals surface area (Å²) in [6, 6.07) is 15.9. The predicted octanol–water partition coefficient (Wildman–Crippen LogP) is 3.76. The molecule has 2 aromatic carbocycles. The van der Waals surface area contributed by atoms with Gasteiger partial charge in [-0.15, -0.1) is 0 Å². The zero-order valence-corrected chi connectivity index (χ0v) is 16.8. The number of likely N-dealkylation sites (N-methyl/N-ethyl adjacent to an activating group) is 1. The van der Waals surface area contributed by atoms with E-state index in [4.69, 9.17) is 5.10 Å². The van der Waals surface area contributed by atoms with Crippen molar-refractivity contribution >= 4 is 5.91 Å². The molecule has 0 bridgehead atoms. The molecule has 0 radical (unpaired) electrons. The molecule has 0 spiro atoms. The summed E-state index contributed by atoms with van der Waals surface area (Å²) in [5.41, 5.74) is 3.93. The van der Waals surface area contributed by atoms with Crippen molar-refractivity contribution in [2.24, 2.45) is 0 Å². The Bertz CT molecular complexity index is 987. The number of benzene rings is 2. The second-order valence-electron chi connectivity index (χ2n) is 7.40. The van der Waals surface area contributed by atoms with Crippen LogP contribution < -0.4 is 0 Å². The summed E-state index contributed by atoms with van der Waals surface area (Å²) >= 11 is 0. The minimum atomic E-state index is -0.295. The molecular formula is C23H25FN4O. The highest BCUT2D eigenvalue weighted by Gasteiger charge is 2.25. The van der Waals surface area contributed by atoms with Crippen molar-refractivity contribution in [2.75, 3.05) is 32.7 Å². The molecule has 2 heterocycles. The van der Waals surface area contributed by atoms with Gasteiger partial charge in [0, 0.05) is 31.7 Å². The fraction of sp³-hybridized carbons (Fsp3) is 0.304. The lowest BCUT2D eigenvalue weighted by atomic mass is 10.1. The molecule has 0 aliphatic carbocycles. The van der Waals surface area contributed by atoms with E-state index in [2.05, 4.69) is 11.8 Å². The predicted molar refractivity (Wildman–Crippen MR) is 112 cm³/mol. The van der Waals surface area contributed by atoms with Gasteiger partial charge in [-0.1, -0.05) is 24.6 Å². The largest absolute Gasteiger partial charge is 0.335 e. The monoisotopic (exact) mass is 392 g/mol. The Morgan fingerprint density at radius 2 is 1.66 bits per heavy atom. The van der Waals surface area contributed by atoms with E-state index in [0.29, 0.717) is 24.5 Å². The van der Waals surface area contributed by atoms with Gasteiger partial charge in [0.25, 0.3) is 5.91 Å². The Balaban J connectivity index is 1.71. The van der Waals surface area contributed by atoms with Crippen molar-refractivity contribution in [2.45, 2.75) is 13.8 Å². The molecule has 5 nitrogen and oxygen atoms in total. The number of halogens is 1. The van der Waals surface area contributed by atoms with Gasteiger partial charge < -0.3 is 9.80 Å². The number of nitrogens with zero attached hydrogens (tertiary/aromatic N) is 4. The SMILES string of the molecule is CCN1CCN(C(=O)c2cc(-c3ccc(F)cc3)nn2-c2ccc(C)cc2)CC1. The first-order chi connectivity index (χ1) is 14.0. The Labute approximate surface area is 170 Å². The van der Waals surface area contributed by atoms with Gasteiger partial charge >= 0.3 is 0 Å². The normalized spacial score (nSPS) is 14.9. The minimum absolute atomic E-state index is 0.0258. The van der Waals surface area contributed by atoms with Crippen LogP contribution >= 0.6 is 0 Å². The highest BCUT2D eigenvalue weighted by molar-refractivity contribution is 5.94. The van der Waals surface area contributed by atoms with Crippen LogP contribution in [0.4, 0.5) is 4.39 Å². The lowest BCUT2D eigenvalue weighted by molar-refractivity contribution is 0.0634. The summed E-state index contributed by atoms with van der Waals surface area (Å²) in [4.78, 5) is 17.6. The molecule has 150 valence electrons. The van der Waals surface area contributed by atoms with Crippen molar-refractivity contribution in [3.05, 3.63) is 71.7 Å². The smallest absolute Gasteiger partial charge is 0.272 e. The minimum Gasteiger partial charge on any atom is -0.335 e. The van der Waals surface area contributed by atoms with Gasteiger partial charge in [-0.05, 0) is 55.9 Å². The maximum atomic E-state index is 13.3. The summed E-state index contributed by atoms with van der Waals surface area (Å²) in [6.07, 6.45) is 0. The standard InChI is InChI=1S/C23H25FN4O/c1-3-26-12-14-27(15-13-26)23(29)22-16-21(18-6-8-19(24)9-7-18)25-28(22)20-10-4-17(2)5-11-20/h4-11,16H,3,12-15H2,1-2H3. The van der Waals surface area contributed by atoms with E-state index in [9.17, 15) is 9.18 Å². The average molecular weight is 392 g/mol. The van der Waals surface area contributed by atoms with E-state index in [1.54, 1.807) is 16.8 Å². The van der Waals surface area contributed by atoms with Gasteiger partial charge in [0.05, 0.1) is 11.4 Å². The fourth-order valence-electron chi connectivity index (χ4n) is 3.61. The molecule has 1 aliphatic rings. The Morgan fingerprint density at radius 1 is 1.00 bits per heavy atom. The van der Waals surface area contributed by atoms with Gasteiger partial charge in [-0.2, -0.15) is 5.10 Å². The van der Waals surface area contributed by atoms with Gasteiger partial charge in [-0.25, -0.2) is 9.07 Å². The second kappa shape index (κ2) is 8.17. The second-order valence-corrected chi connectivity index (χ2v) is 7.40. The molecule has 6 heteroatoms.